The smallest absolute Gasteiger partial charge is 0.252 e. The van der Waals surface area contributed by atoms with E-state index in [1.54, 1.807) is 0 Å². The fourth-order valence-electron chi connectivity index (χ4n) is 5.18. The van der Waals surface area contributed by atoms with Crippen molar-refractivity contribution in [3.05, 3.63) is 99.6 Å². The van der Waals surface area contributed by atoms with Crippen LogP contribution in [-0.4, -0.2) is 30.9 Å². The van der Waals surface area contributed by atoms with Crippen molar-refractivity contribution in [3.8, 4) is 5.75 Å². The maximum Gasteiger partial charge on any atom is 0.252 e. The van der Waals surface area contributed by atoms with Crippen LogP contribution in [0.5, 0.6) is 5.75 Å². The quantitative estimate of drug-likeness (QED) is 0.381. The highest BCUT2D eigenvalue weighted by Crippen LogP contribution is 2.34. The highest BCUT2D eigenvalue weighted by atomic mass is 19.1. The van der Waals surface area contributed by atoms with Crippen molar-refractivity contribution in [1.82, 2.24) is 10.2 Å². The van der Waals surface area contributed by atoms with Crippen molar-refractivity contribution in [2.24, 2.45) is 0 Å². The molecule has 1 aliphatic heterocycles. The topological polar surface area (TPSA) is 41.6 Å². The molecule has 4 nitrogen and oxygen atoms in total. The minimum Gasteiger partial charge on any atom is -0.486 e. The van der Waals surface area contributed by atoms with E-state index in [-0.39, 0.29) is 18.3 Å². The van der Waals surface area contributed by atoms with Crippen molar-refractivity contribution in [3.63, 3.8) is 0 Å². The highest BCUT2D eigenvalue weighted by Gasteiger charge is 2.37. The lowest BCUT2D eigenvalue weighted by Gasteiger charge is -2.42. The van der Waals surface area contributed by atoms with Gasteiger partial charge in [0, 0.05) is 24.7 Å². The highest BCUT2D eigenvalue weighted by molar-refractivity contribution is 5.96. The van der Waals surface area contributed by atoms with E-state index < -0.39 is 17.2 Å². The second-order valence-corrected chi connectivity index (χ2v) is 10.3. The summed E-state index contributed by atoms with van der Waals surface area (Å²) in [5, 5.41) is 3.44. The van der Waals surface area contributed by atoms with Crippen LogP contribution in [-0.2, 0) is 18.6 Å². The van der Waals surface area contributed by atoms with Gasteiger partial charge in [-0.05, 0) is 75.0 Å². The molecule has 1 saturated heterocycles. The summed E-state index contributed by atoms with van der Waals surface area (Å²) in [6.45, 7) is 8.07. The molecule has 0 radical (unpaired) electrons. The summed E-state index contributed by atoms with van der Waals surface area (Å²) in [6.07, 6.45) is 3.31. The summed E-state index contributed by atoms with van der Waals surface area (Å²) in [5.74, 6) is -1.46. The molecule has 3 aromatic rings. The molecule has 0 spiro atoms. The Kier molecular flexibility index (Phi) is 8.28. The number of hydrogen-bond acceptors (Lipinski definition) is 3. The monoisotopic (exact) mass is 506 g/mol. The molecule has 1 N–H and O–H groups in total. The third-order valence-electron chi connectivity index (χ3n) is 7.19. The van der Waals surface area contributed by atoms with Crippen molar-refractivity contribution in [1.29, 1.82) is 0 Å². The lowest BCUT2D eigenvalue weighted by atomic mass is 9.79. The second kappa shape index (κ2) is 11.4. The van der Waals surface area contributed by atoms with Gasteiger partial charge in [-0.2, -0.15) is 0 Å². The van der Waals surface area contributed by atoms with Crippen molar-refractivity contribution < 1.29 is 18.3 Å². The maximum absolute atomic E-state index is 14.0. The van der Waals surface area contributed by atoms with Crippen LogP contribution in [0.2, 0.25) is 0 Å². The zero-order valence-electron chi connectivity index (χ0n) is 22.2. The summed E-state index contributed by atoms with van der Waals surface area (Å²) >= 11 is 0. The number of hydrogen-bond donors (Lipinski definition) is 1. The van der Waals surface area contributed by atoms with Crippen molar-refractivity contribution >= 4 is 5.91 Å². The molecule has 6 heteroatoms. The second-order valence-electron chi connectivity index (χ2n) is 10.3. The summed E-state index contributed by atoms with van der Waals surface area (Å²) in [4.78, 5) is 16.2. The average Bonchev–Trinajstić information content (AvgIpc) is 2.86. The fraction of sp³-hybridized carbons (Fsp3) is 0.387. The molecule has 37 heavy (non-hydrogen) atoms. The minimum atomic E-state index is -0.625. The van der Waals surface area contributed by atoms with Crippen molar-refractivity contribution in [2.45, 2.75) is 58.6 Å². The first kappa shape index (κ1) is 26.8. The molecule has 0 aliphatic carbocycles. The number of ether oxygens (including phenoxy) is 1. The largest absolute Gasteiger partial charge is 0.486 e. The van der Waals surface area contributed by atoms with Gasteiger partial charge in [0.05, 0.1) is 5.54 Å². The summed E-state index contributed by atoms with van der Waals surface area (Å²) in [7, 11) is 2.11. The lowest BCUT2D eigenvalue weighted by Crippen LogP contribution is -2.52. The number of nitrogens with zero attached hydrogens (tertiary/aromatic N) is 1. The summed E-state index contributed by atoms with van der Waals surface area (Å²) in [5.41, 5.74) is 5.33. The SMILES string of the molecule is CCCc1ccc(COc2cc(F)ccc2F)cc1C(=O)NC1(c2cc(C)cc(C)c2)CCN(C)CC1. The van der Waals surface area contributed by atoms with Gasteiger partial charge in [-0.1, -0.05) is 54.8 Å². The number of rotatable bonds is 8. The zero-order chi connectivity index (χ0) is 26.6. The number of halogens is 2. The van der Waals surface area contributed by atoms with E-state index in [9.17, 15) is 13.6 Å². The lowest BCUT2D eigenvalue weighted by molar-refractivity contribution is 0.0825. The first-order valence-electron chi connectivity index (χ1n) is 13.0. The molecular weight excluding hydrogens is 470 g/mol. The average molecular weight is 507 g/mol. The zero-order valence-corrected chi connectivity index (χ0v) is 22.2. The van der Waals surface area contributed by atoms with E-state index in [1.807, 2.05) is 18.2 Å². The Morgan fingerprint density at radius 2 is 1.70 bits per heavy atom. The Morgan fingerprint density at radius 1 is 1.00 bits per heavy atom. The fourth-order valence-corrected chi connectivity index (χ4v) is 5.18. The van der Waals surface area contributed by atoms with Gasteiger partial charge in [-0.25, -0.2) is 8.78 Å². The number of carbonyl (C=O) groups excluding carboxylic acids is 1. The first-order chi connectivity index (χ1) is 17.7. The van der Waals surface area contributed by atoms with Gasteiger partial charge in [0.25, 0.3) is 5.91 Å². The first-order valence-corrected chi connectivity index (χ1v) is 13.0. The number of aryl methyl sites for hydroxylation is 3. The molecule has 1 aliphatic rings. The molecule has 1 heterocycles. The van der Waals surface area contributed by atoms with Gasteiger partial charge in [0.1, 0.15) is 12.4 Å². The van der Waals surface area contributed by atoms with Gasteiger partial charge in [-0.15, -0.1) is 0 Å². The van der Waals surface area contributed by atoms with Crippen LogP contribution in [0.25, 0.3) is 0 Å². The Balaban J connectivity index is 1.63. The van der Waals surface area contributed by atoms with Gasteiger partial charge < -0.3 is 15.0 Å². The summed E-state index contributed by atoms with van der Waals surface area (Å²) in [6, 6.07) is 15.3. The third-order valence-corrected chi connectivity index (χ3v) is 7.19. The number of carbonyl (C=O) groups is 1. The Labute approximate surface area is 218 Å². The van der Waals surface area contributed by atoms with Crippen LogP contribution in [0, 0.1) is 25.5 Å². The number of likely N-dealkylation sites (tertiary alicyclic amines) is 1. The van der Waals surface area contributed by atoms with E-state index in [4.69, 9.17) is 4.74 Å². The number of benzene rings is 3. The number of nitrogens with one attached hydrogen (secondary N) is 1. The van der Waals surface area contributed by atoms with E-state index in [2.05, 4.69) is 56.2 Å². The Hall–Kier alpha value is -3.25. The molecule has 4 rings (SSSR count). The van der Waals surface area contributed by atoms with E-state index in [0.29, 0.717) is 5.56 Å². The molecule has 0 saturated carbocycles. The summed E-state index contributed by atoms with van der Waals surface area (Å²) < 4.78 is 33.1. The van der Waals surface area contributed by atoms with Crippen LogP contribution in [0.15, 0.2) is 54.6 Å². The predicted molar refractivity (Wildman–Crippen MR) is 143 cm³/mol. The molecule has 3 aromatic carbocycles. The molecule has 1 fully saturated rings. The van der Waals surface area contributed by atoms with Gasteiger partial charge in [0.2, 0.25) is 0 Å². The maximum atomic E-state index is 14.0. The predicted octanol–water partition coefficient (Wildman–Crippen LogP) is 6.46. The molecule has 0 atom stereocenters. The molecule has 196 valence electrons. The normalized spacial score (nSPS) is 15.4. The molecular formula is C31H36F2N2O2. The number of piperidine rings is 1. The molecule has 1 amide bonds. The van der Waals surface area contributed by atoms with Crippen LogP contribution in [0.4, 0.5) is 8.78 Å². The van der Waals surface area contributed by atoms with Crippen LogP contribution in [0.1, 0.15) is 64.4 Å². The van der Waals surface area contributed by atoms with E-state index in [0.717, 1.165) is 73.7 Å². The molecule has 0 bridgehead atoms. The standard InChI is InChI=1S/C31H36F2N2O2/c1-5-6-24-8-7-23(20-37-29-19-26(32)9-10-28(29)33)18-27(24)30(36)34-31(11-13-35(4)14-12-31)25-16-21(2)15-22(3)17-25/h7-10,15-19H,5-6,11-14,20H2,1-4H3,(H,34,36). The Bertz CT molecular complexity index is 1250. The van der Waals surface area contributed by atoms with E-state index in [1.165, 1.54) is 11.1 Å². The third kappa shape index (κ3) is 6.37. The molecule has 0 aromatic heterocycles. The van der Waals surface area contributed by atoms with E-state index >= 15 is 0 Å². The van der Waals surface area contributed by atoms with Crippen LogP contribution >= 0.6 is 0 Å². The minimum absolute atomic E-state index is 0.0278. The van der Waals surface area contributed by atoms with Gasteiger partial charge in [-0.3, -0.25) is 4.79 Å². The Morgan fingerprint density at radius 3 is 2.38 bits per heavy atom. The van der Waals surface area contributed by atoms with Crippen LogP contribution < -0.4 is 10.1 Å². The number of amides is 1. The van der Waals surface area contributed by atoms with Crippen LogP contribution in [0.3, 0.4) is 0 Å². The van der Waals surface area contributed by atoms with Gasteiger partial charge in [0.15, 0.2) is 11.6 Å². The molecule has 0 unspecified atom stereocenters. The van der Waals surface area contributed by atoms with Gasteiger partial charge >= 0.3 is 0 Å². The van der Waals surface area contributed by atoms with Crippen molar-refractivity contribution in [2.75, 3.05) is 20.1 Å².